The van der Waals surface area contributed by atoms with E-state index in [0.717, 1.165) is 23.8 Å². The Balaban J connectivity index is 3.07. The summed E-state index contributed by atoms with van der Waals surface area (Å²) >= 11 is 0. The quantitative estimate of drug-likeness (QED) is 0.597. The lowest BCUT2D eigenvalue weighted by atomic mass is 10.2. The number of aromatic nitrogens is 2. The van der Waals surface area contributed by atoms with Gasteiger partial charge in [-0.3, -0.25) is 14.2 Å². The molecule has 1 rings (SSSR count). The highest BCUT2D eigenvalue weighted by Gasteiger charge is 2.10. The lowest BCUT2D eigenvalue weighted by Gasteiger charge is -2.04. The van der Waals surface area contributed by atoms with E-state index in [0.29, 0.717) is 6.54 Å². The maximum absolute atomic E-state index is 11.7. The van der Waals surface area contributed by atoms with Gasteiger partial charge in [0.25, 0.3) is 5.56 Å². The van der Waals surface area contributed by atoms with Crippen molar-refractivity contribution in [3.05, 3.63) is 32.6 Å². The van der Waals surface area contributed by atoms with Crippen molar-refractivity contribution < 1.29 is 4.79 Å². The summed E-state index contributed by atoms with van der Waals surface area (Å²) in [5.41, 5.74) is -0.908. The predicted molar refractivity (Wildman–Crippen MR) is 60.9 cm³/mol. The molecule has 0 aromatic carbocycles. The van der Waals surface area contributed by atoms with Crippen LogP contribution in [-0.2, 0) is 6.54 Å². The molecule has 0 radical (unpaired) electrons. The largest absolute Gasteiger partial charge is 0.328 e. The number of carbonyl (C=O) groups is 1. The number of aromatic amines is 1. The van der Waals surface area contributed by atoms with Crippen molar-refractivity contribution in [2.24, 2.45) is 0 Å². The molecule has 0 spiro atoms. The molecule has 0 aliphatic heterocycles. The Bertz CT molecular complexity index is 485. The smallest absolute Gasteiger partial charge is 0.313 e. The number of rotatable bonds is 5. The topological polar surface area (TPSA) is 71.9 Å². The summed E-state index contributed by atoms with van der Waals surface area (Å²) in [4.78, 5) is 36.7. The maximum atomic E-state index is 11.7. The van der Waals surface area contributed by atoms with E-state index in [1.54, 1.807) is 0 Å². The fraction of sp³-hybridized carbons (Fsp3) is 0.545. The van der Waals surface area contributed by atoms with Gasteiger partial charge in [-0.15, -0.1) is 0 Å². The van der Waals surface area contributed by atoms with Gasteiger partial charge in [0.15, 0.2) is 5.78 Å². The number of ketones is 1. The van der Waals surface area contributed by atoms with E-state index in [1.807, 2.05) is 6.92 Å². The van der Waals surface area contributed by atoms with Crippen LogP contribution >= 0.6 is 0 Å². The first-order valence-electron chi connectivity index (χ1n) is 5.41. The molecule has 5 nitrogen and oxygen atoms in total. The third-order valence-corrected chi connectivity index (χ3v) is 2.43. The highest BCUT2D eigenvalue weighted by molar-refractivity contribution is 5.93. The lowest BCUT2D eigenvalue weighted by Crippen LogP contribution is -2.37. The van der Waals surface area contributed by atoms with Crippen LogP contribution in [0.1, 0.15) is 43.5 Å². The van der Waals surface area contributed by atoms with Crippen LogP contribution in [0, 0.1) is 0 Å². The summed E-state index contributed by atoms with van der Waals surface area (Å²) < 4.78 is 1.09. The van der Waals surface area contributed by atoms with Crippen LogP contribution in [0.4, 0.5) is 0 Å². The van der Waals surface area contributed by atoms with Gasteiger partial charge in [-0.25, -0.2) is 4.79 Å². The number of nitrogens with zero attached hydrogens (tertiary/aromatic N) is 1. The molecule has 1 N–H and O–H groups in total. The molecular weight excluding hydrogens is 208 g/mol. The van der Waals surface area contributed by atoms with Crippen molar-refractivity contribution in [1.29, 1.82) is 0 Å². The third kappa shape index (κ3) is 2.68. The Hall–Kier alpha value is -1.65. The molecule has 0 fully saturated rings. The Kier molecular flexibility index (Phi) is 4.22. The normalized spacial score (nSPS) is 10.4. The fourth-order valence-corrected chi connectivity index (χ4v) is 1.49. The number of hydrogen-bond acceptors (Lipinski definition) is 3. The van der Waals surface area contributed by atoms with Crippen LogP contribution in [0.15, 0.2) is 15.8 Å². The first kappa shape index (κ1) is 12.4. The van der Waals surface area contributed by atoms with Crippen molar-refractivity contribution >= 4 is 5.78 Å². The molecule has 0 saturated heterocycles. The predicted octanol–water partition coefficient (Wildman–Crippen LogP) is 0.929. The zero-order valence-electron chi connectivity index (χ0n) is 9.58. The highest BCUT2D eigenvalue weighted by Crippen LogP contribution is 1.95. The molecule has 0 saturated carbocycles. The van der Waals surface area contributed by atoms with Gasteiger partial charge in [0.1, 0.15) is 0 Å². The van der Waals surface area contributed by atoms with Gasteiger partial charge in [0, 0.05) is 12.7 Å². The van der Waals surface area contributed by atoms with Crippen LogP contribution in [0.2, 0.25) is 0 Å². The number of unbranched alkanes of at least 4 members (excludes halogenated alkanes) is 2. The van der Waals surface area contributed by atoms with E-state index in [4.69, 9.17) is 0 Å². The molecule has 5 heteroatoms. The first-order valence-corrected chi connectivity index (χ1v) is 5.41. The van der Waals surface area contributed by atoms with Gasteiger partial charge in [0.2, 0.25) is 0 Å². The molecule has 0 amide bonds. The van der Waals surface area contributed by atoms with E-state index >= 15 is 0 Å². The van der Waals surface area contributed by atoms with Crippen molar-refractivity contribution in [2.45, 2.75) is 39.7 Å². The molecule has 1 aromatic rings. The van der Waals surface area contributed by atoms with Gasteiger partial charge < -0.3 is 4.98 Å². The number of hydrogen-bond donors (Lipinski definition) is 1. The van der Waals surface area contributed by atoms with Crippen molar-refractivity contribution in [1.82, 2.24) is 9.55 Å². The van der Waals surface area contributed by atoms with Gasteiger partial charge in [-0.2, -0.15) is 0 Å². The zero-order valence-corrected chi connectivity index (χ0v) is 9.58. The zero-order chi connectivity index (χ0) is 12.1. The van der Waals surface area contributed by atoms with E-state index in [-0.39, 0.29) is 11.3 Å². The first-order chi connectivity index (χ1) is 7.57. The summed E-state index contributed by atoms with van der Waals surface area (Å²) in [6.07, 6.45) is 3.92. The number of carbonyl (C=O) groups excluding carboxylic acids is 1. The Morgan fingerprint density at radius 3 is 2.62 bits per heavy atom. The molecule has 0 atom stereocenters. The van der Waals surface area contributed by atoms with Crippen molar-refractivity contribution in [3.8, 4) is 0 Å². The van der Waals surface area contributed by atoms with Crippen LogP contribution in [-0.4, -0.2) is 15.3 Å². The number of H-pyrrole nitrogens is 1. The summed E-state index contributed by atoms with van der Waals surface area (Å²) in [6.45, 7) is 3.72. The minimum atomic E-state index is -0.493. The average molecular weight is 224 g/mol. The highest BCUT2D eigenvalue weighted by atomic mass is 16.2. The average Bonchev–Trinajstić information content (AvgIpc) is 2.22. The molecule has 0 bridgehead atoms. The minimum Gasteiger partial charge on any atom is -0.313 e. The third-order valence-electron chi connectivity index (χ3n) is 2.43. The molecular formula is C11H16N2O3. The Morgan fingerprint density at radius 2 is 2.06 bits per heavy atom. The second kappa shape index (κ2) is 5.44. The van der Waals surface area contributed by atoms with E-state index in [1.165, 1.54) is 13.1 Å². The van der Waals surface area contributed by atoms with Gasteiger partial charge in [0.05, 0.1) is 5.56 Å². The monoisotopic (exact) mass is 224 g/mol. The summed E-state index contributed by atoms with van der Waals surface area (Å²) in [5.74, 6) is -0.328. The van der Waals surface area contributed by atoms with Crippen molar-refractivity contribution in [3.63, 3.8) is 0 Å². The molecule has 1 heterocycles. The summed E-state index contributed by atoms with van der Waals surface area (Å²) in [6, 6.07) is 0. The van der Waals surface area contributed by atoms with E-state index in [2.05, 4.69) is 4.98 Å². The molecule has 0 aliphatic carbocycles. The SMILES string of the molecule is CCCCCn1c(=O)[nH]cc(C(C)=O)c1=O. The van der Waals surface area contributed by atoms with Crippen LogP contribution in [0.25, 0.3) is 0 Å². The second-order valence-electron chi connectivity index (χ2n) is 3.73. The Labute approximate surface area is 93.1 Å². The second-order valence-corrected chi connectivity index (χ2v) is 3.73. The van der Waals surface area contributed by atoms with Gasteiger partial charge in [-0.1, -0.05) is 19.8 Å². The lowest BCUT2D eigenvalue weighted by molar-refractivity contribution is 0.101. The number of nitrogens with one attached hydrogen (secondary N) is 1. The van der Waals surface area contributed by atoms with Crippen LogP contribution in [0.5, 0.6) is 0 Å². The summed E-state index contributed by atoms with van der Waals surface area (Å²) in [5, 5.41) is 0. The van der Waals surface area contributed by atoms with Gasteiger partial charge >= 0.3 is 5.69 Å². The van der Waals surface area contributed by atoms with Crippen LogP contribution < -0.4 is 11.2 Å². The molecule has 88 valence electrons. The van der Waals surface area contributed by atoms with E-state index < -0.39 is 11.2 Å². The standard InChI is InChI=1S/C11H16N2O3/c1-3-4-5-6-13-10(15)9(8(2)14)7-12-11(13)16/h7H,3-6H2,1-2H3,(H,12,16). The molecule has 16 heavy (non-hydrogen) atoms. The van der Waals surface area contributed by atoms with Gasteiger partial charge in [-0.05, 0) is 13.3 Å². The van der Waals surface area contributed by atoms with Crippen molar-refractivity contribution in [2.75, 3.05) is 0 Å². The maximum Gasteiger partial charge on any atom is 0.328 e. The molecule has 0 unspecified atom stereocenters. The Morgan fingerprint density at radius 1 is 1.38 bits per heavy atom. The minimum absolute atomic E-state index is 0.0381. The molecule has 0 aliphatic rings. The van der Waals surface area contributed by atoms with E-state index in [9.17, 15) is 14.4 Å². The number of Topliss-reactive ketones (excluding diaryl/α,β-unsaturated/α-hetero) is 1. The fourth-order valence-electron chi connectivity index (χ4n) is 1.49. The molecule has 1 aromatic heterocycles. The summed E-state index contributed by atoms with van der Waals surface area (Å²) in [7, 11) is 0. The van der Waals surface area contributed by atoms with Crippen LogP contribution in [0.3, 0.4) is 0 Å².